The van der Waals surface area contributed by atoms with Crippen LogP contribution in [0.15, 0.2) is 54.6 Å². The van der Waals surface area contributed by atoms with Gasteiger partial charge in [-0.15, -0.1) is 0 Å². The molecule has 1 aliphatic rings. The molecule has 7 heteroatoms. The maximum Gasteiger partial charge on any atom is 0.267 e. The second kappa shape index (κ2) is 7.52. The highest BCUT2D eigenvalue weighted by molar-refractivity contribution is 6.30. The number of aromatic nitrogens is 2. The molecular weight excluding hydrogens is 364 g/mol. The Labute approximate surface area is 161 Å². The van der Waals surface area contributed by atoms with Crippen LogP contribution in [0.2, 0.25) is 5.02 Å². The molecule has 3 N–H and O–H groups in total. The number of carbonyl (C=O) groups is 1. The first-order valence-corrected chi connectivity index (χ1v) is 9.08. The zero-order valence-electron chi connectivity index (χ0n) is 14.6. The quantitative estimate of drug-likeness (QED) is 0.726. The fourth-order valence-corrected chi connectivity index (χ4v) is 3.34. The average molecular weight is 383 g/mol. The van der Waals surface area contributed by atoms with Gasteiger partial charge >= 0.3 is 0 Å². The Kier molecular flexibility index (Phi) is 4.94. The molecule has 2 aromatic carbocycles. The number of hydrogen-bond donors (Lipinski definition) is 2. The Balaban J connectivity index is 1.69. The Morgan fingerprint density at radius 3 is 2.70 bits per heavy atom. The Morgan fingerprint density at radius 2 is 2.04 bits per heavy atom. The molecule has 1 aliphatic heterocycles. The summed E-state index contributed by atoms with van der Waals surface area (Å²) in [6.45, 7) is 2.35. The van der Waals surface area contributed by atoms with Crippen molar-refractivity contribution in [2.24, 2.45) is 5.73 Å². The number of nitrogens with one attached hydrogen (secondary N) is 1. The first-order valence-electron chi connectivity index (χ1n) is 8.70. The van der Waals surface area contributed by atoms with Gasteiger partial charge in [0.25, 0.3) is 5.91 Å². The number of nitrogens with two attached hydrogens (primary N) is 1. The molecule has 1 fully saturated rings. The minimum Gasteiger partial charge on any atom is -0.371 e. The van der Waals surface area contributed by atoms with Crippen molar-refractivity contribution >= 4 is 17.5 Å². The summed E-state index contributed by atoms with van der Waals surface area (Å²) in [6, 6.07) is 16.8. The van der Waals surface area contributed by atoms with Gasteiger partial charge in [0.2, 0.25) is 0 Å². The van der Waals surface area contributed by atoms with Crippen LogP contribution in [0.5, 0.6) is 0 Å². The summed E-state index contributed by atoms with van der Waals surface area (Å²) >= 11 is 6.07. The molecular formula is C20H19ClN4O2. The van der Waals surface area contributed by atoms with Crippen LogP contribution in [-0.4, -0.2) is 35.4 Å². The lowest BCUT2D eigenvalue weighted by Crippen LogP contribution is -2.33. The molecule has 27 heavy (non-hydrogen) atoms. The molecule has 0 unspecified atom stereocenters. The van der Waals surface area contributed by atoms with Gasteiger partial charge < -0.3 is 15.8 Å². The third-order valence-corrected chi connectivity index (χ3v) is 4.75. The van der Waals surface area contributed by atoms with Gasteiger partial charge in [0.1, 0.15) is 5.69 Å². The lowest BCUT2D eigenvalue weighted by atomic mass is 10.1. The van der Waals surface area contributed by atoms with Crippen LogP contribution in [0.4, 0.5) is 0 Å². The number of halogens is 1. The van der Waals surface area contributed by atoms with Gasteiger partial charge in [-0.25, -0.2) is 4.68 Å². The van der Waals surface area contributed by atoms with Crippen molar-refractivity contribution in [3.63, 3.8) is 0 Å². The third kappa shape index (κ3) is 3.73. The minimum absolute atomic E-state index is 0.0306. The van der Waals surface area contributed by atoms with E-state index in [-0.39, 0.29) is 6.10 Å². The van der Waals surface area contributed by atoms with E-state index in [1.807, 2.05) is 36.4 Å². The number of primary amides is 1. The molecule has 1 aromatic heterocycles. The molecule has 138 valence electrons. The molecule has 1 saturated heterocycles. The van der Waals surface area contributed by atoms with E-state index < -0.39 is 5.91 Å². The van der Waals surface area contributed by atoms with Gasteiger partial charge in [0.15, 0.2) is 0 Å². The van der Waals surface area contributed by atoms with Gasteiger partial charge in [-0.3, -0.25) is 4.79 Å². The molecule has 4 rings (SSSR count). The standard InChI is InChI=1S/C20H19ClN4O2/c21-15-3-1-2-14(10-15)17-11-18(20(22)26)25(24-17)16-6-4-13(5-7-16)19-12-23-8-9-27-19/h1-7,10-11,19,23H,8-9,12H2,(H2,22,26)/t19-/m0/s1. The molecule has 0 aliphatic carbocycles. The van der Waals surface area contributed by atoms with Gasteiger partial charge in [-0.1, -0.05) is 35.9 Å². The SMILES string of the molecule is NC(=O)c1cc(-c2cccc(Cl)c2)nn1-c1ccc([C@@H]2CNCCO2)cc1. The number of nitrogens with zero attached hydrogens (tertiary/aromatic N) is 2. The number of rotatable bonds is 4. The molecule has 3 aromatic rings. The first-order chi connectivity index (χ1) is 13.1. The van der Waals surface area contributed by atoms with Crippen molar-refractivity contribution in [2.45, 2.75) is 6.10 Å². The third-order valence-electron chi connectivity index (χ3n) is 4.52. The predicted molar refractivity (Wildman–Crippen MR) is 104 cm³/mol. The van der Waals surface area contributed by atoms with Crippen LogP contribution < -0.4 is 11.1 Å². The van der Waals surface area contributed by atoms with Crippen molar-refractivity contribution in [1.29, 1.82) is 0 Å². The summed E-state index contributed by atoms with van der Waals surface area (Å²) in [5.74, 6) is -0.542. The van der Waals surface area contributed by atoms with Crippen molar-refractivity contribution in [3.8, 4) is 16.9 Å². The van der Waals surface area contributed by atoms with Crippen LogP contribution in [0.25, 0.3) is 16.9 Å². The predicted octanol–water partition coefficient (Wildman–Crippen LogP) is 2.95. The van der Waals surface area contributed by atoms with E-state index in [0.29, 0.717) is 23.0 Å². The summed E-state index contributed by atoms with van der Waals surface area (Å²) < 4.78 is 7.33. The highest BCUT2D eigenvalue weighted by Crippen LogP contribution is 2.25. The number of amides is 1. The summed E-state index contributed by atoms with van der Waals surface area (Å²) in [6.07, 6.45) is 0.0306. The second-order valence-electron chi connectivity index (χ2n) is 6.36. The van der Waals surface area contributed by atoms with E-state index in [4.69, 9.17) is 22.1 Å². The first kappa shape index (κ1) is 17.7. The molecule has 0 saturated carbocycles. The van der Waals surface area contributed by atoms with E-state index in [1.54, 1.807) is 22.9 Å². The molecule has 0 spiro atoms. The molecule has 1 amide bonds. The molecule has 1 atom stereocenters. The van der Waals surface area contributed by atoms with Crippen LogP contribution in [-0.2, 0) is 4.74 Å². The number of benzene rings is 2. The summed E-state index contributed by atoms with van der Waals surface area (Å²) in [5, 5.41) is 8.49. The largest absolute Gasteiger partial charge is 0.371 e. The number of hydrogen-bond acceptors (Lipinski definition) is 4. The van der Waals surface area contributed by atoms with Crippen LogP contribution in [0.3, 0.4) is 0 Å². The van der Waals surface area contributed by atoms with E-state index in [1.165, 1.54) is 0 Å². The number of ether oxygens (including phenoxy) is 1. The summed E-state index contributed by atoms with van der Waals surface area (Å²) in [5.41, 5.74) is 9.17. The maximum atomic E-state index is 11.9. The van der Waals surface area contributed by atoms with Crippen LogP contribution >= 0.6 is 11.6 Å². The molecule has 0 radical (unpaired) electrons. The van der Waals surface area contributed by atoms with E-state index in [0.717, 1.165) is 29.9 Å². The van der Waals surface area contributed by atoms with Gasteiger partial charge in [-0.2, -0.15) is 5.10 Å². The molecule has 0 bridgehead atoms. The van der Waals surface area contributed by atoms with Crippen molar-refractivity contribution in [3.05, 3.63) is 70.9 Å². The summed E-state index contributed by atoms with van der Waals surface area (Å²) in [4.78, 5) is 11.9. The summed E-state index contributed by atoms with van der Waals surface area (Å²) in [7, 11) is 0. The lowest BCUT2D eigenvalue weighted by Gasteiger charge is -2.24. The Hall–Kier alpha value is -2.67. The highest BCUT2D eigenvalue weighted by atomic mass is 35.5. The topological polar surface area (TPSA) is 82.2 Å². The van der Waals surface area contributed by atoms with Crippen molar-refractivity contribution in [1.82, 2.24) is 15.1 Å². The zero-order chi connectivity index (χ0) is 18.8. The van der Waals surface area contributed by atoms with Crippen LogP contribution in [0, 0.1) is 0 Å². The van der Waals surface area contributed by atoms with E-state index >= 15 is 0 Å². The smallest absolute Gasteiger partial charge is 0.267 e. The zero-order valence-corrected chi connectivity index (χ0v) is 15.3. The monoisotopic (exact) mass is 382 g/mol. The Bertz CT molecular complexity index is 962. The van der Waals surface area contributed by atoms with Gasteiger partial charge in [0.05, 0.1) is 24.1 Å². The minimum atomic E-state index is -0.542. The highest BCUT2D eigenvalue weighted by Gasteiger charge is 2.18. The normalized spacial score (nSPS) is 17.0. The van der Waals surface area contributed by atoms with E-state index in [9.17, 15) is 4.79 Å². The molecule has 2 heterocycles. The average Bonchev–Trinajstić information content (AvgIpc) is 3.15. The molecule has 6 nitrogen and oxygen atoms in total. The fourth-order valence-electron chi connectivity index (χ4n) is 3.15. The number of carbonyl (C=O) groups excluding carboxylic acids is 1. The van der Waals surface area contributed by atoms with Crippen molar-refractivity contribution in [2.75, 3.05) is 19.7 Å². The lowest BCUT2D eigenvalue weighted by molar-refractivity contribution is 0.0277. The van der Waals surface area contributed by atoms with Gasteiger partial charge in [-0.05, 0) is 35.9 Å². The fraction of sp³-hybridized carbons (Fsp3) is 0.200. The van der Waals surface area contributed by atoms with Gasteiger partial charge in [0, 0.05) is 23.7 Å². The van der Waals surface area contributed by atoms with E-state index in [2.05, 4.69) is 10.4 Å². The maximum absolute atomic E-state index is 11.9. The van der Waals surface area contributed by atoms with Crippen molar-refractivity contribution < 1.29 is 9.53 Å². The van der Waals surface area contributed by atoms with Crippen LogP contribution in [0.1, 0.15) is 22.2 Å². The second-order valence-corrected chi connectivity index (χ2v) is 6.79. The Morgan fingerprint density at radius 1 is 1.22 bits per heavy atom. The number of morpholine rings is 1.